The Kier molecular flexibility index (Phi) is 14.2. The third kappa shape index (κ3) is 10.2. The summed E-state index contributed by atoms with van der Waals surface area (Å²) in [6.45, 7) is 10.9. The molecule has 0 atom stereocenters. The minimum atomic E-state index is -2.62. The van der Waals surface area contributed by atoms with E-state index in [0.717, 1.165) is 13.2 Å². The van der Waals surface area contributed by atoms with E-state index in [9.17, 15) is 0 Å². The fourth-order valence-electron chi connectivity index (χ4n) is 1.96. The average Bonchev–Trinajstić information content (AvgIpc) is 2.43. The zero-order chi connectivity index (χ0) is 14.4. The van der Waals surface area contributed by atoms with E-state index in [1.165, 1.54) is 60.1 Å². The molecule has 0 rings (SSSR count). The maximum absolute atomic E-state index is 6.40. The zero-order valence-electron chi connectivity index (χ0n) is 13.7. The average molecular weight is 382 g/mol. The van der Waals surface area contributed by atoms with Gasteiger partial charge in [0.05, 0.1) is 0 Å². The number of unbranched alkanes of at least 4 members (excludes halogenated alkanes) is 4. The van der Waals surface area contributed by atoms with Crippen LogP contribution in [0.4, 0.5) is 0 Å². The van der Waals surface area contributed by atoms with E-state index in [1.54, 1.807) is 0 Å². The molecule has 0 saturated carbocycles. The summed E-state index contributed by atoms with van der Waals surface area (Å²) >= 11 is -2.62. The number of hydrogen-bond acceptors (Lipinski definition) is 2. The van der Waals surface area contributed by atoms with Crippen LogP contribution in [0.25, 0.3) is 0 Å². The Bertz CT molecular complexity index is 166. The first-order valence-electron chi connectivity index (χ1n) is 8.40. The molecule has 0 aromatic heterocycles. The van der Waals surface area contributed by atoms with Gasteiger partial charge in [-0.1, -0.05) is 0 Å². The molecule has 0 aliphatic carbocycles. The molecule has 0 heterocycles. The fourth-order valence-corrected chi connectivity index (χ4v) is 11.5. The van der Waals surface area contributed by atoms with Crippen molar-refractivity contribution >= 4 is 19.6 Å². The van der Waals surface area contributed by atoms with Gasteiger partial charge in [-0.05, 0) is 0 Å². The van der Waals surface area contributed by atoms with Crippen molar-refractivity contribution in [3.8, 4) is 0 Å². The predicted octanol–water partition coefficient (Wildman–Crippen LogP) is 5.66. The fraction of sp³-hybridized carbons (Fsp3) is 1.00. The second-order valence-electron chi connectivity index (χ2n) is 5.34. The van der Waals surface area contributed by atoms with Crippen molar-refractivity contribution in [1.82, 2.24) is 0 Å². The second-order valence-corrected chi connectivity index (χ2v) is 14.0. The minimum absolute atomic E-state index is 0.932. The first kappa shape index (κ1) is 19.7. The van der Waals surface area contributed by atoms with Gasteiger partial charge < -0.3 is 0 Å². The summed E-state index contributed by atoms with van der Waals surface area (Å²) < 4.78 is 15.3. The zero-order valence-corrected chi connectivity index (χ0v) is 16.3. The van der Waals surface area contributed by atoms with Crippen LogP contribution in [0.15, 0.2) is 0 Å². The van der Waals surface area contributed by atoms with Crippen LogP contribution in [-0.4, -0.2) is 32.9 Å². The Hall–Kier alpha value is 0.738. The van der Waals surface area contributed by atoms with Gasteiger partial charge in [0, 0.05) is 0 Å². The van der Waals surface area contributed by atoms with Gasteiger partial charge in [0.1, 0.15) is 0 Å². The number of hydrogen-bond donors (Lipinski definition) is 0. The Morgan fingerprint density at radius 1 is 0.579 bits per heavy atom. The van der Waals surface area contributed by atoms with E-state index >= 15 is 0 Å². The molecule has 0 bridgehead atoms. The molecule has 0 aliphatic heterocycles. The van der Waals surface area contributed by atoms with Crippen molar-refractivity contribution in [2.24, 2.45) is 0 Å². The van der Waals surface area contributed by atoms with Crippen LogP contribution in [0.1, 0.15) is 79.1 Å². The monoisotopic (exact) mass is 381 g/mol. The van der Waals surface area contributed by atoms with Gasteiger partial charge in [0.2, 0.25) is 0 Å². The predicted molar refractivity (Wildman–Crippen MR) is 86.9 cm³/mol. The summed E-state index contributed by atoms with van der Waals surface area (Å²) in [4.78, 5) is 0. The van der Waals surface area contributed by atoms with E-state index in [2.05, 4.69) is 27.7 Å². The van der Waals surface area contributed by atoms with Crippen molar-refractivity contribution in [2.45, 2.75) is 87.8 Å². The van der Waals surface area contributed by atoms with E-state index < -0.39 is 19.6 Å². The Morgan fingerprint density at radius 2 is 0.947 bits per heavy atom. The van der Waals surface area contributed by atoms with E-state index in [1.807, 2.05) is 0 Å². The molecule has 0 saturated heterocycles. The summed E-state index contributed by atoms with van der Waals surface area (Å²) in [6, 6.07) is 0. The van der Waals surface area contributed by atoms with Crippen LogP contribution in [0.5, 0.6) is 0 Å². The summed E-state index contributed by atoms with van der Waals surface area (Å²) in [5.74, 6) is 0. The summed E-state index contributed by atoms with van der Waals surface area (Å²) in [6.07, 6.45) is 9.90. The molecular weight excluding hydrogens is 346 g/mol. The van der Waals surface area contributed by atoms with Gasteiger partial charge in [0.25, 0.3) is 0 Å². The summed E-state index contributed by atoms with van der Waals surface area (Å²) in [5, 5.41) is 0. The second kappa shape index (κ2) is 13.7. The van der Waals surface area contributed by atoms with Crippen LogP contribution in [0.3, 0.4) is 0 Å². The molecule has 19 heavy (non-hydrogen) atoms. The summed E-state index contributed by atoms with van der Waals surface area (Å²) in [7, 11) is 0. The van der Waals surface area contributed by atoms with Crippen molar-refractivity contribution in [3.63, 3.8) is 0 Å². The van der Waals surface area contributed by atoms with Gasteiger partial charge >= 0.3 is 127 Å². The molecule has 0 amide bonds. The van der Waals surface area contributed by atoms with Crippen LogP contribution in [0.2, 0.25) is 8.73 Å². The van der Waals surface area contributed by atoms with E-state index in [0.29, 0.717) is 0 Å². The standard InChI is InChI=1S/2C4H9O.2C4H9.Sb/c2*1-2-3-4-5;2*1-3-4-2;/h2*2-4H2,1H3;2*1,3-4H2,2H3;/q2*-1;;;+2. The van der Waals surface area contributed by atoms with Gasteiger partial charge in [-0.3, -0.25) is 0 Å². The molecular formula is C16H36O2Sb. The van der Waals surface area contributed by atoms with Gasteiger partial charge in [-0.25, -0.2) is 0 Å². The molecule has 0 aromatic carbocycles. The van der Waals surface area contributed by atoms with Crippen molar-refractivity contribution in [1.29, 1.82) is 0 Å². The Balaban J connectivity index is 4.44. The molecule has 0 fully saturated rings. The van der Waals surface area contributed by atoms with Gasteiger partial charge in [-0.15, -0.1) is 0 Å². The molecule has 1 radical (unpaired) electrons. The third-order valence-corrected chi connectivity index (χ3v) is 12.8. The number of rotatable bonds is 14. The molecule has 0 spiro atoms. The maximum atomic E-state index is 6.40. The molecule has 0 unspecified atom stereocenters. The van der Waals surface area contributed by atoms with E-state index in [4.69, 9.17) is 6.03 Å². The SMILES string of the molecule is CCCC[O][Sb]([CH2]CCC)([CH2]CCC)[O]CCCC. The van der Waals surface area contributed by atoms with E-state index in [-0.39, 0.29) is 0 Å². The molecule has 0 N–H and O–H groups in total. The molecule has 2 nitrogen and oxygen atoms in total. The van der Waals surface area contributed by atoms with Crippen molar-refractivity contribution < 1.29 is 6.03 Å². The van der Waals surface area contributed by atoms with Gasteiger partial charge in [0.15, 0.2) is 0 Å². The Morgan fingerprint density at radius 3 is 1.26 bits per heavy atom. The molecule has 117 valence electrons. The first-order valence-corrected chi connectivity index (χ1v) is 14.1. The molecule has 3 heteroatoms. The van der Waals surface area contributed by atoms with Crippen LogP contribution < -0.4 is 0 Å². The normalized spacial score (nSPS) is 12.0. The van der Waals surface area contributed by atoms with Crippen LogP contribution in [-0.2, 0) is 6.03 Å². The Labute approximate surface area is 126 Å². The third-order valence-electron chi connectivity index (χ3n) is 3.35. The quantitative estimate of drug-likeness (QED) is 0.285. The van der Waals surface area contributed by atoms with Crippen LogP contribution >= 0.6 is 0 Å². The first-order chi connectivity index (χ1) is 9.24. The van der Waals surface area contributed by atoms with Crippen LogP contribution in [0, 0.1) is 0 Å². The molecule has 0 aromatic rings. The molecule has 0 aliphatic rings. The van der Waals surface area contributed by atoms with Gasteiger partial charge in [-0.2, -0.15) is 0 Å². The summed E-state index contributed by atoms with van der Waals surface area (Å²) in [5.41, 5.74) is 0. The topological polar surface area (TPSA) is 18.5 Å². The van der Waals surface area contributed by atoms with Crippen molar-refractivity contribution in [3.05, 3.63) is 0 Å². The van der Waals surface area contributed by atoms with Crippen molar-refractivity contribution in [2.75, 3.05) is 13.2 Å².